The third-order valence-electron chi connectivity index (χ3n) is 4.03. The zero-order valence-electron chi connectivity index (χ0n) is 11.7. The first kappa shape index (κ1) is 14.6. The number of hydrogen-bond acceptors (Lipinski definition) is 1. The number of amides is 1. The van der Waals surface area contributed by atoms with E-state index in [0.29, 0.717) is 5.92 Å². The van der Waals surface area contributed by atoms with Crippen LogP contribution in [0.1, 0.15) is 48.5 Å². The molecule has 2 unspecified atom stereocenters. The number of nitrogens with one attached hydrogen (secondary N) is 1. The van der Waals surface area contributed by atoms with E-state index in [1.807, 2.05) is 25.1 Å². The number of halogens is 1. The van der Waals surface area contributed by atoms with E-state index >= 15 is 0 Å². The van der Waals surface area contributed by atoms with Crippen LogP contribution < -0.4 is 5.32 Å². The maximum absolute atomic E-state index is 12.2. The average Bonchev–Trinajstić information content (AvgIpc) is 2.39. The van der Waals surface area contributed by atoms with Gasteiger partial charge in [-0.05, 0) is 59.2 Å². The Hall–Kier alpha value is -0.830. The van der Waals surface area contributed by atoms with E-state index < -0.39 is 0 Å². The number of carbonyl (C=O) groups is 1. The van der Waals surface area contributed by atoms with Gasteiger partial charge in [-0.25, -0.2) is 0 Å². The summed E-state index contributed by atoms with van der Waals surface area (Å²) in [6.07, 6.45) is 5.14. The summed E-state index contributed by atoms with van der Waals surface area (Å²) in [5.41, 5.74) is 1.84. The minimum Gasteiger partial charge on any atom is -0.352 e. The predicted octanol–water partition coefficient (Wildman–Crippen LogP) is 4.31. The number of rotatable bonds is 3. The summed E-state index contributed by atoms with van der Waals surface area (Å²) >= 11 is 3.50. The van der Waals surface area contributed by atoms with Gasteiger partial charge in [0, 0.05) is 11.0 Å². The van der Waals surface area contributed by atoms with Crippen molar-refractivity contribution in [2.45, 2.75) is 39.5 Å². The van der Waals surface area contributed by atoms with Crippen LogP contribution in [0.4, 0.5) is 0 Å². The first-order valence-electron chi connectivity index (χ1n) is 7.11. The van der Waals surface area contributed by atoms with Crippen LogP contribution in [0.25, 0.3) is 0 Å². The molecule has 0 spiro atoms. The smallest absolute Gasteiger partial charge is 0.252 e. The number of hydrogen-bond donors (Lipinski definition) is 1. The van der Waals surface area contributed by atoms with Crippen molar-refractivity contribution in [3.63, 3.8) is 0 Å². The van der Waals surface area contributed by atoms with Crippen molar-refractivity contribution in [2.24, 2.45) is 11.8 Å². The predicted molar refractivity (Wildman–Crippen MR) is 82.3 cm³/mol. The van der Waals surface area contributed by atoms with Crippen LogP contribution in [0.2, 0.25) is 0 Å². The highest BCUT2D eigenvalue weighted by atomic mass is 79.9. The SMILES string of the molecule is Cc1cccc(C(=O)NCC2CCCC(C)C2)c1Br. The lowest BCUT2D eigenvalue weighted by atomic mass is 9.82. The maximum Gasteiger partial charge on any atom is 0.252 e. The zero-order valence-corrected chi connectivity index (χ0v) is 13.3. The van der Waals surface area contributed by atoms with Crippen molar-refractivity contribution in [1.82, 2.24) is 5.32 Å². The largest absolute Gasteiger partial charge is 0.352 e. The topological polar surface area (TPSA) is 29.1 Å². The molecule has 0 aromatic heterocycles. The molecule has 104 valence electrons. The minimum absolute atomic E-state index is 0.0359. The second-order valence-corrected chi connectivity index (χ2v) is 6.58. The summed E-state index contributed by atoms with van der Waals surface area (Å²) in [5.74, 6) is 1.49. The summed E-state index contributed by atoms with van der Waals surface area (Å²) in [6, 6.07) is 5.80. The number of aryl methyl sites for hydroxylation is 1. The van der Waals surface area contributed by atoms with E-state index in [4.69, 9.17) is 0 Å². The Kier molecular flexibility index (Phi) is 5.03. The van der Waals surface area contributed by atoms with E-state index in [1.165, 1.54) is 25.7 Å². The first-order chi connectivity index (χ1) is 9.08. The van der Waals surface area contributed by atoms with Gasteiger partial charge in [-0.15, -0.1) is 0 Å². The molecule has 0 aliphatic heterocycles. The molecule has 2 atom stereocenters. The number of carbonyl (C=O) groups excluding carboxylic acids is 1. The fraction of sp³-hybridized carbons (Fsp3) is 0.562. The Balaban J connectivity index is 1.92. The van der Waals surface area contributed by atoms with Crippen molar-refractivity contribution in [1.29, 1.82) is 0 Å². The highest BCUT2D eigenvalue weighted by Crippen LogP contribution is 2.28. The Morgan fingerprint density at radius 2 is 2.21 bits per heavy atom. The van der Waals surface area contributed by atoms with Gasteiger partial charge >= 0.3 is 0 Å². The monoisotopic (exact) mass is 323 g/mol. The molecule has 1 amide bonds. The van der Waals surface area contributed by atoms with Crippen LogP contribution in [0.3, 0.4) is 0 Å². The molecule has 3 heteroatoms. The lowest BCUT2D eigenvalue weighted by molar-refractivity contribution is 0.0940. The Morgan fingerprint density at radius 3 is 2.95 bits per heavy atom. The fourth-order valence-corrected chi connectivity index (χ4v) is 3.34. The minimum atomic E-state index is 0.0359. The quantitative estimate of drug-likeness (QED) is 0.882. The summed E-state index contributed by atoms with van der Waals surface area (Å²) in [6.45, 7) is 5.12. The molecule has 1 fully saturated rings. The molecule has 1 aliphatic rings. The molecule has 2 nitrogen and oxygen atoms in total. The summed E-state index contributed by atoms with van der Waals surface area (Å²) < 4.78 is 0.907. The lowest BCUT2D eigenvalue weighted by Crippen LogP contribution is -2.31. The molecular formula is C16H22BrNO. The first-order valence-corrected chi connectivity index (χ1v) is 7.90. The van der Waals surface area contributed by atoms with Gasteiger partial charge < -0.3 is 5.32 Å². The molecule has 1 N–H and O–H groups in total. The standard InChI is InChI=1S/C16H22BrNO/c1-11-5-3-7-13(9-11)10-18-16(19)14-8-4-6-12(2)15(14)17/h4,6,8,11,13H,3,5,7,9-10H2,1-2H3,(H,18,19). The van der Waals surface area contributed by atoms with Crippen LogP contribution in [0.15, 0.2) is 22.7 Å². The summed E-state index contributed by atoms with van der Waals surface area (Å²) in [7, 11) is 0. The van der Waals surface area contributed by atoms with Crippen molar-refractivity contribution in [3.8, 4) is 0 Å². The normalized spacial score (nSPS) is 23.1. The second-order valence-electron chi connectivity index (χ2n) is 5.78. The van der Waals surface area contributed by atoms with Gasteiger partial charge in [0.15, 0.2) is 0 Å². The molecule has 2 rings (SSSR count). The molecule has 1 aromatic rings. The zero-order chi connectivity index (χ0) is 13.8. The van der Waals surface area contributed by atoms with Gasteiger partial charge in [0.2, 0.25) is 0 Å². The van der Waals surface area contributed by atoms with Gasteiger partial charge in [0.1, 0.15) is 0 Å². The van der Waals surface area contributed by atoms with Gasteiger partial charge in [-0.1, -0.05) is 31.9 Å². The van der Waals surface area contributed by atoms with Gasteiger partial charge in [-0.3, -0.25) is 4.79 Å². The summed E-state index contributed by atoms with van der Waals surface area (Å²) in [4.78, 5) is 12.2. The van der Waals surface area contributed by atoms with E-state index in [-0.39, 0.29) is 5.91 Å². The third-order valence-corrected chi connectivity index (χ3v) is 5.09. The lowest BCUT2D eigenvalue weighted by Gasteiger charge is -2.26. The van der Waals surface area contributed by atoms with Crippen LogP contribution in [0.5, 0.6) is 0 Å². The Bertz CT molecular complexity index is 458. The molecule has 0 bridgehead atoms. The van der Waals surface area contributed by atoms with Gasteiger partial charge in [0.25, 0.3) is 5.91 Å². The second kappa shape index (κ2) is 6.56. The van der Waals surface area contributed by atoms with Crippen LogP contribution in [0, 0.1) is 18.8 Å². The van der Waals surface area contributed by atoms with E-state index in [2.05, 4.69) is 28.2 Å². The maximum atomic E-state index is 12.2. The third kappa shape index (κ3) is 3.82. The van der Waals surface area contributed by atoms with Crippen LogP contribution >= 0.6 is 15.9 Å². The van der Waals surface area contributed by atoms with Crippen LogP contribution in [-0.2, 0) is 0 Å². The van der Waals surface area contributed by atoms with Crippen molar-refractivity contribution in [2.75, 3.05) is 6.54 Å². The molecule has 1 aliphatic carbocycles. The van der Waals surface area contributed by atoms with Crippen molar-refractivity contribution in [3.05, 3.63) is 33.8 Å². The van der Waals surface area contributed by atoms with Crippen LogP contribution in [-0.4, -0.2) is 12.5 Å². The van der Waals surface area contributed by atoms with Gasteiger partial charge in [-0.2, -0.15) is 0 Å². The molecule has 1 aromatic carbocycles. The molecule has 1 saturated carbocycles. The molecule has 19 heavy (non-hydrogen) atoms. The van der Waals surface area contributed by atoms with E-state index in [1.54, 1.807) is 0 Å². The highest BCUT2D eigenvalue weighted by Gasteiger charge is 2.20. The Labute approximate surface area is 124 Å². The molecule has 0 saturated heterocycles. The molecule has 0 radical (unpaired) electrons. The van der Waals surface area contributed by atoms with Crippen molar-refractivity contribution < 1.29 is 4.79 Å². The van der Waals surface area contributed by atoms with E-state index in [0.717, 1.165) is 28.1 Å². The van der Waals surface area contributed by atoms with Crippen molar-refractivity contribution >= 4 is 21.8 Å². The highest BCUT2D eigenvalue weighted by molar-refractivity contribution is 9.10. The molecule has 0 heterocycles. The number of benzene rings is 1. The Morgan fingerprint density at radius 1 is 1.42 bits per heavy atom. The molecular weight excluding hydrogens is 302 g/mol. The van der Waals surface area contributed by atoms with Gasteiger partial charge in [0.05, 0.1) is 5.56 Å². The summed E-state index contributed by atoms with van der Waals surface area (Å²) in [5, 5.41) is 3.09. The average molecular weight is 324 g/mol. The van der Waals surface area contributed by atoms with E-state index in [9.17, 15) is 4.79 Å². The fourth-order valence-electron chi connectivity index (χ4n) is 2.90.